The second-order valence-electron chi connectivity index (χ2n) is 9.03. The van der Waals surface area contributed by atoms with Crippen molar-refractivity contribution in [2.45, 2.75) is 46.6 Å². The molecule has 0 unspecified atom stereocenters. The van der Waals surface area contributed by atoms with Crippen molar-refractivity contribution in [3.05, 3.63) is 62.7 Å². The van der Waals surface area contributed by atoms with Crippen molar-refractivity contribution in [1.82, 2.24) is 19.5 Å². The van der Waals surface area contributed by atoms with E-state index in [-0.39, 0.29) is 29.1 Å². The molecule has 2 N–H and O–H groups in total. The minimum Gasteiger partial charge on any atom is -0.343 e. The molecule has 10 heteroatoms. The Morgan fingerprint density at radius 1 is 1.21 bits per heavy atom. The number of aromatic nitrogens is 3. The number of nitrogens with zero attached hydrogens (tertiary/aromatic N) is 3. The summed E-state index contributed by atoms with van der Waals surface area (Å²) in [5.41, 5.74) is 3.80. The van der Waals surface area contributed by atoms with Gasteiger partial charge in [0.25, 0.3) is 11.5 Å². The molecule has 1 fully saturated rings. The highest BCUT2D eigenvalue weighted by molar-refractivity contribution is 7.92. The molecule has 9 nitrogen and oxygen atoms in total. The van der Waals surface area contributed by atoms with E-state index in [0.717, 1.165) is 30.4 Å². The van der Waals surface area contributed by atoms with Crippen molar-refractivity contribution in [2.75, 3.05) is 17.5 Å². The van der Waals surface area contributed by atoms with Crippen molar-refractivity contribution < 1.29 is 13.2 Å². The molecule has 1 aromatic carbocycles. The minimum absolute atomic E-state index is 0.112. The highest BCUT2D eigenvalue weighted by atomic mass is 32.2. The first kappa shape index (κ1) is 23.0. The number of aryl methyl sites for hydroxylation is 2. The first-order valence-electron chi connectivity index (χ1n) is 10.9. The number of sulfonamides is 1. The fourth-order valence-electron chi connectivity index (χ4n) is 4.54. The molecule has 176 valence electrons. The Labute approximate surface area is 192 Å². The number of H-pyrrole nitrogens is 1. The normalized spacial score (nSPS) is 19.1. The van der Waals surface area contributed by atoms with E-state index < -0.39 is 10.0 Å². The van der Waals surface area contributed by atoms with Crippen LogP contribution < -0.4 is 10.3 Å². The zero-order chi connectivity index (χ0) is 24.1. The van der Waals surface area contributed by atoms with Gasteiger partial charge < -0.3 is 9.88 Å². The average molecular weight is 472 g/mol. The van der Waals surface area contributed by atoms with Gasteiger partial charge in [-0.15, -0.1) is 0 Å². The van der Waals surface area contributed by atoms with Crippen molar-refractivity contribution in [2.24, 2.45) is 5.92 Å². The fraction of sp³-hybridized carbons (Fsp3) is 0.435. The summed E-state index contributed by atoms with van der Waals surface area (Å²) >= 11 is 0. The summed E-state index contributed by atoms with van der Waals surface area (Å²) in [6.07, 6.45) is 2.80. The SMILES string of the molecule is Cc1ccc(NS(C)(=O)=O)c(C(=O)N2CCC[C@H](C)[C@@H]2c2cc3[nH]c(C)c(C)c(=O)n3n2)c1. The largest absolute Gasteiger partial charge is 0.343 e. The van der Waals surface area contributed by atoms with Crippen molar-refractivity contribution in [3.8, 4) is 0 Å². The summed E-state index contributed by atoms with van der Waals surface area (Å²) in [7, 11) is -3.56. The number of rotatable bonds is 4. The summed E-state index contributed by atoms with van der Waals surface area (Å²) in [4.78, 5) is 31.4. The van der Waals surface area contributed by atoms with Crippen molar-refractivity contribution in [1.29, 1.82) is 0 Å². The molecule has 33 heavy (non-hydrogen) atoms. The number of anilines is 1. The zero-order valence-corrected chi connectivity index (χ0v) is 20.3. The number of carbonyl (C=O) groups excluding carboxylic acids is 1. The maximum absolute atomic E-state index is 13.8. The molecule has 1 aliphatic heterocycles. The van der Waals surface area contributed by atoms with Crippen molar-refractivity contribution >= 4 is 27.3 Å². The molecule has 0 radical (unpaired) electrons. The van der Waals surface area contributed by atoms with Crippen LogP contribution in [0.25, 0.3) is 5.65 Å². The molecule has 0 bridgehead atoms. The van der Waals surface area contributed by atoms with E-state index in [1.54, 1.807) is 30.0 Å². The van der Waals surface area contributed by atoms with Gasteiger partial charge in [-0.25, -0.2) is 8.42 Å². The van der Waals surface area contributed by atoms with Crippen LogP contribution in [0.2, 0.25) is 0 Å². The number of hydrogen-bond acceptors (Lipinski definition) is 5. The second kappa shape index (κ2) is 8.33. The number of piperidine rings is 1. The Bertz CT molecular complexity index is 1410. The number of benzene rings is 1. The Kier molecular flexibility index (Phi) is 5.81. The van der Waals surface area contributed by atoms with Gasteiger partial charge in [-0.3, -0.25) is 14.3 Å². The first-order chi connectivity index (χ1) is 15.5. The molecule has 1 amide bonds. The van der Waals surface area contributed by atoms with E-state index in [9.17, 15) is 18.0 Å². The molecule has 3 heterocycles. The summed E-state index contributed by atoms with van der Waals surface area (Å²) < 4.78 is 27.6. The van der Waals surface area contributed by atoms with Gasteiger partial charge in [-0.2, -0.15) is 9.61 Å². The van der Waals surface area contributed by atoms with E-state index in [4.69, 9.17) is 0 Å². The standard InChI is InChI=1S/C23H29N5O4S/c1-13-8-9-18(26-33(5,31)32)17(11-13)23(30)27-10-6-7-14(2)21(27)19-12-20-24-16(4)15(3)22(29)28(20)25-19/h8-9,11-12,14,21,24,26H,6-7,10H2,1-5H3/t14-,21+/m0/s1. The molecule has 1 aliphatic rings. The van der Waals surface area contributed by atoms with E-state index >= 15 is 0 Å². The summed E-state index contributed by atoms with van der Waals surface area (Å²) in [6, 6.07) is 6.56. The molecular formula is C23H29N5O4S. The van der Waals surface area contributed by atoms with Crippen LogP contribution in [0, 0.1) is 26.7 Å². The topological polar surface area (TPSA) is 117 Å². The monoisotopic (exact) mass is 471 g/mol. The predicted octanol–water partition coefficient (Wildman–Crippen LogP) is 2.93. The van der Waals surface area contributed by atoms with Gasteiger partial charge in [0.15, 0.2) is 0 Å². The Hall–Kier alpha value is -3.14. The minimum atomic E-state index is -3.56. The molecule has 0 saturated carbocycles. The maximum atomic E-state index is 13.8. The number of likely N-dealkylation sites (tertiary alicyclic amines) is 1. The summed E-state index contributed by atoms with van der Waals surface area (Å²) in [5.74, 6) is -0.154. The van der Waals surface area contributed by atoms with Crippen molar-refractivity contribution in [3.63, 3.8) is 0 Å². The van der Waals surface area contributed by atoms with Crippen LogP contribution in [0.15, 0.2) is 29.1 Å². The lowest BCUT2D eigenvalue weighted by atomic mass is 9.88. The Morgan fingerprint density at radius 3 is 2.64 bits per heavy atom. The highest BCUT2D eigenvalue weighted by Crippen LogP contribution is 2.37. The van der Waals surface area contributed by atoms with Crippen LogP contribution >= 0.6 is 0 Å². The van der Waals surface area contributed by atoms with Crippen LogP contribution in [-0.4, -0.2) is 46.6 Å². The third-order valence-electron chi connectivity index (χ3n) is 6.32. The zero-order valence-electron chi connectivity index (χ0n) is 19.5. The van der Waals surface area contributed by atoms with Gasteiger partial charge in [0.1, 0.15) is 5.65 Å². The molecule has 1 saturated heterocycles. The van der Waals surface area contributed by atoms with Crippen LogP contribution in [-0.2, 0) is 10.0 Å². The van der Waals surface area contributed by atoms with Gasteiger partial charge in [0.2, 0.25) is 10.0 Å². The van der Waals surface area contributed by atoms with E-state index in [0.29, 0.717) is 29.0 Å². The summed E-state index contributed by atoms with van der Waals surface area (Å²) in [6.45, 7) is 8.03. The number of carbonyl (C=O) groups is 1. The van der Waals surface area contributed by atoms with E-state index in [1.165, 1.54) is 4.52 Å². The van der Waals surface area contributed by atoms with Gasteiger partial charge in [-0.05, 0) is 51.7 Å². The molecule has 0 aliphatic carbocycles. The third kappa shape index (κ3) is 4.39. The fourth-order valence-corrected chi connectivity index (χ4v) is 5.12. The lowest BCUT2D eigenvalue weighted by Gasteiger charge is -2.39. The van der Waals surface area contributed by atoms with Crippen LogP contribution in [0.5, 0.6) is 0 Å². The van der Waals surface area contributed by atoms with Gasteiger partial charge in [0.05, 0.1) is 29.2 Å². The third-order valence-corrected chi connectivity index (χ3v) is 6.91. The number of hydrogen-bond donors (Lipinski definition) is 2. The van der Waals surface area contributed by atoms with E-state index in [2.05, 4.69) is 21.7 Å². The quantitative estimate of drug-likeness (QED) is 0.607. The predicted molar refractivity (Wildman–Crippen MR) is 127 cm³/mol. The molecular weight excluding hydrogens is 442 g/mol. The Balaban J connectivity index is 1.80. The highest BCUT2D eigenvalue weighted by Gasteiger charge is 2.36. The molecule has 2 atom stereocenters. The lowest BCUT2D eigenvalue weighted by molar-refractivity contribution is 0.0505. The van der Waals surface area contributed by atoms with Crippen LogP contribution in [0.3, 0.4) is 0 Å². The number of amides is 1. The molecule has 3 aromatic rings. The molecule has 0 spiro atoms. The van der Waals surface area contributed by atoms with Gasteiger partial charge in [-0.1, -0.05) is 18.6 Å². The van der Waals surface area contributed by atoms with Crippen LogP contribution in [0.4, 0.5) is 5.69 Å². The Morgan fingerprint density at radius 2 is 1.94 bits per heavy atom. The van der Waals surface area contributed by atoms with Gasteiger partial charge >= 0.3 is 0 Å². The average Bonchev–Trinajstić information content (AvgIpc) is 3.15. The maximum Gasteiger partial charge on any atom is 0.277 e. The number of aromatic amines is 1. The molecule has 2 aromatic heterocycles. The number of nitrogens with one attached hydrogen (secondary N) is 2. The molecule has 4 rings (SSSR count). The first-order valence-corrected chi connectivity index (χ1v) is 12.8. The van der Waals surface area contributed by atoms with Crippen LogP contribution in [0.1, 0.15) is 58.7 Å². The second-order valence-corrected chi connectivity index (χ2v) is 10.8. The lowest BCUT2D eigenvalue weighted by Crippen LogP contribution is -2.42. The van der Waals surface area contributed by atoms with E-state index in [1.807, 2.05) is 19.9 Å². The van der Waals surface area contributed by atoms with Gasteiger partial charge in [0, 0.05) is 23.9 Å². The number of fused-ring (bicyclic) bond motifs is 1. The summed E-state index contributed by atoms with van der Waals surface area (Å²) in [5, 5.41) is 4.58. The smallest absolute Gasteiger partial charge is 0.277 e.